The highest BCUT2D eigenvalue weighted by atomic mass is 79.9. The average Bonchev–Trinajstić information content (AvgIpc) is 2.88. The molecule has 64 valence electrons. The lowest BCUT2D eigenvalue weighted by Gasteiger charge is -2.03. The Bertz CT molecular complexity index is 297. The summed E-state index contributed by atoms with van der Waals surface area (Å²) < 4.78 is 6.03. The molecule has 0 bridgehead atoms. The van der Waals surface area contributed by atoms with Crippen molar-refractivity contribution < 1.29 is 4.74 Å². The standard InChI is InChI=1S/C9H10BrNO/c1-12-9-7(10)4-5-8(11-9)6-2-3-6/h4-6H,2-3H2,1H3. The van der Waals surface area contributed by atoms with Crippen molar-refractivity contribution in [3.8, 4) is 5.88 Å². The maximum absolute atomic E-state index is 5.11. The molecule has 1 aromatic rings. The van der Waals surface area contributed by atoms with Crippen LogP contribution in [0.2, 0.25) is 0 Å². The number of pyridine rings is 1. The zero-order chi connectivity index (χ0) is 8.55. The van der Waals surface area contributed by atoms with Crippen molar-refractivity contribution in [1.29, 1.82) is 0 Å². The predicted molar refractivity (Wildman–Crippen MR) is 50.5 cm³/mol. The lowest BCUT2D eigenvalue weighted by molar-refractivity contribution is 0.393. The topological polar surface area (TPSA) is 22.1 Å². The van der Waals surface area contributed by atoms with Gasteiger partial charge in [-0.1, -0.05) is 0 Å². The number of aromatic nitrogens is 1. The number of hydrogen-bond donors (Lipinski definition) is 0. The summed E-state index contributed by atoms with van der Waals surface area (Å²) in [4.78, 5) is 4.38. The Morgan fingerprint density at radius 2 is 2.25 bits per heavy atom. The lowest BCUT2D eigenvalue weighted by atomic mass is 10.2. The predicted octanol–water partition coefficient (Wildman–Crippen LogP) is 2.73. The third-order valence-electron chi connectivity index (χ3n) is 2.02. The summed E-state index contributed by atoms with van der Waals surface area (Å²) in [7, 11) is 1.64. The van der Waals surface area contributed by atoms with Crippen LogP contribution in [0, 0.1) is 0 Å². The maximum Gasteiger partial charge on any atom is 0.227 e. The van der Waals surface area contributed by atoms with E-state index in [-0.39, 0.29) is 0 Å². The van der Waals surface area contributed by atoms with Gasteiger partial charge >= 0.3 is 0 Å². The van der Waals surface area contributed by atoms with Gasteiger partial charge in [-0.2, -0.15) is 0 Å². The van der Waals surface area contributed by atoms with Crippen LogP contribution in [0.25, 0.3) is 0 Å². The molecular weight excluding hydrogens is 218 g/mol. The zero-order valence-electron chi connectivity index (χ0n) is 6.88. The summed E-state index contributed by atoms with van der Waals surface area (Å²) >= 11 is 3.37. The molecule has 0 radical (unpaired) electrons. The van der Waals surface area contributed by atoms with Gasteiger partial charge in [-0.3, -0.25) is 0 Å². The van der Waals surface area contributed by atoms with E-state index >= 15 is 0 Å². The summed E-state index contributed by atoms with van der Waals surface area (Å²) in [6.45, 7) is 0. The maximum atomic E-state index is 5.11. The molecule has 1 saturated carbocycles. The fourth-order valence-corrected chi connectivity index (χ4v) is 1.57. The van der Waals surface area contributed by atoms with Gasteiger partial charge in [0.25, 0.3) is 0 Å². The van der Waals surface area contributed by atoms with E-state index in [9.17, 15) is 0 Å². The fraction of sp³-hybridized carbons (Fsp3) is 0.444. The van der Waals surface area contributed by atoms with Crippen LogP contribution in [-0.2, 0) is 0 Å². The largest absolute Gasteiger partial charge is 0.480 e. The van der Waals surface area contributed by atoms with Gasteiger partial charge in [-0.25, -0.2) is 4.98 Å². The third kappa shape index (κ3) is 1.46. The monoisotopic (exact) mass is 227 g/mol. The van der Waals surface area contributed by atoms with Crippen molar-refractivity contribution in [3.05, 3.63) is 22.3 Å². The van der Waals surface area contributed by atoms with Gasteiger partial charge in [0.2, 0.25) is 5.88 Å². The molecular formula is C9H10BrNO. The van der Waals surface area contributed by atoms with Crippen LogP contribution in [0.1, 0.15) is 24.5 Å². The van der Waals surface area contributed by atoms with Crippen LogP contribution >= 0.6 is 15.9 Å². The fourth-order valence-electron chi connectivity index (χ4n) is 1.19. The van der Waals surface area contributed by atoms with Gasteiger partial charge in [0.05, 0.1) is 11.6 Å². The average molecular weight is 228 g/mol. The van der Waals surface area contributed by atoms with E-state index in [0.29, 0.717) is 11.8 Å². The molecule has 3 heteroatoms. The van der Waals surface area contributed by atoms with E-state index in [2.05, 4.69) is 27.0 Å². The minimum absolute atomic E-state index is 0.687. The Kier molecular flexibility index (Phi) is 2.05. The third-order valence-corrected chi connectivity index (χ3v) is 2.63. The molecule has 2 rings (SSSR count). The van der Waals surface area contributed by atoms with Gasteiger partial charge in [-0.15, -0.1) is 0 Å². The van der Waals surface area contributed by atoms with Crippen molar-refractivity contribution in [2.45, 2.75) is 18.8 Å². The summed E-state index contributed by atoms with van der Waals surface area (Å²) in [6.07, 6.45) is 2.55. The van der Waals surface area contributed by atoms with Crippen molar-refractivity contribution in [3.63, 3.8) is 0 Å². The smallest absolute Gasteiger partial charge is 0.227 e. The van der Waals surface area contributed by atoms with Gasteiger partial charge in [0, 0.05) is 11.6 Å². The molecule has 1 heterocycles. The second-order valence-electron chi connectivity index (χ2n) is 3.00. The minimum atomic E-state index is 0.687. The number of halogens is 1. The molecule has 12 heavy (non-hydrogen) atoms. The first-order chi connectivity index (χ1) is 5.81. The highest BCUT2D eigenvalue weighted by molar-refractivity contribution is 9.10. The molecule has 0 unspecified atom stereocenters. The molecule has 1 aliphatic carbocycles. The van der Waals surface area contributed by atoms with Gasteiger partial charge in [-0.05, 0) is 40.9 Å². The van der Waals surface area contributed by atoms with Crippen LogP contribution in [0.3, 0.4) is 0 Å². The van der Waals surface area contributed by atoms with Crippen molar-refractivity contribution in [2.75, 3.05) is 7.11 Å². The SMILES string of the molecule is COc1nc(C2CC2)ccc1Br. The van der Waals surface area contributed by atoms with E-state index in [1.165, 1.54) is 12.8 Å². The van der Waals surface area contributed by atoms with Crippen LogP contribution < -0.4 is 4.74 Å². The van der Waals surface area contributed by atoms with Crippen molar-refractivity contribution >= 4 is 15.9 Å². The molecule has 0 aliphatic heterocycles. The van der Waals surface area contributed by atoms with E-state index < -0.39 is 0 Å². The van der Waals surface area contributed by atoms with Gasteiger partial charge in [0.1, 0.15) is 0 Å². The van der Waals surface area contributed by atoms with Crippen LogP contribution in [0.15, 0.2) is 16.6 Å². The normalized spacial score (nSPS) is 16.2. The molecule has 1 aliphatic rings. The first kappa shape index (κ1) is 8.05. The highest BCUT2D eigenvalue weighted by Crippen LogP contribution is 2.40. The highest BCUT2D eigenvalue weighted by Gasteiger charge is 2.25. The first-order valence-electron chi connectivity index (χ1n) is 4.01. The van der Waals surface area contributed by atoms with E-state index in [4.69, 9.17) is 4.74 Å². The Balaban J connectivity index is 2.33. The second kappa shape index (κ2) is 3.05. The molecule has 0 spiro atoms. The summed E-state index contributed by atoms with van der Waals surface area (Å²) in [5, 5.41) is 0. The quantitative estimate of drug-likeness (QED) is 0.776. The number of rotatable bonds is 2. The van der Waals surface area contributed by atoms with Crippen LogP contribution in [0.4, 0.5) is 0 Å². The van der Waals surface area contributed by atoms with E-state index in [0.717, 1.165) is 10.2 Å². The first-order valence-corrected chi connectivity index (χ1v) is 4.81. The summed E-state index contributed by atoms with van der Waals surface area (Å²) in [6, 6.07) is 4.06. The lowest BCUT2D eigenvalue weighted by Crippen LogP contribution is -1.92. The molecule has 0 saturated heterocycles. The molecule has 0 aromatic carbocycles. The number of nitrogens with zero attached hydrogens (tertiary/aromatic N) is 1. The van der Waals surface area contributed by atoms with Crippen molar-refractivity contribution in [2.24, 2.45) is 0 Å². The number of methoxy groups -OCH3 is 1. The molecule has 1 fully saturated rings. The Labute approximate surface area is 80.1 Å². The number of ether oxygens (including phenoxy) is 1. The molecule has 2 nitrogen and oxygen atoms in total. The Morgan fingerprint density at radius 1 is 1.50 bits per heavy atom. The zero-order valence-corrected chi connectivity index (χ0v) is 8.47. The molecule has 0 N–H and O–H groups in total. The molecule has 0 atom stereocenters. The van der Waals surface area contributed by atoms with Crippen LogP contribution in [0.5, 0.6) is 5.88 Å². The van der Waals surface area contributed by atoms with Gasteiger partial charge in [0.15, 0.2) is 0 Å². The van der Waals surface area contributed by atoms with Crippen molar-refractivity contribution in [1.82, 2.24) is 4.98 Å². The van der Waals surface area contributed by atoms with E-state index in [1.54, 1.807) is 7.11 Å². The Morgan fingerprint density at radius 3 is 2.83 bits per heavy atom. The molecule has 1 aromatic heterocycles. The number of hydrogen-bond acceptors (Lipinski definition) is 2. The summed E-state index contributed by atoms with van der Waals surface area (Å²) in [5.74, 6) is 1.38. The van der Waals surface area contributed by atoms with Crippen LogP contribution in [-0.4, -0.2) is 12.1 Å². The van der Waals surface area contributed by atoms with Gasteiger partial charge < -0.3 is 4.74 Å². The second-order valence-corrected chi connectivity index (χ2v) is 3.86. The minimum Gasteiger partial charge on any atom is -0.480 e. The molecule has 0 amide bonds. The van der Waals surface area contributed by atoms with E-state index in [1.807, 2.05) is 6.07 Å². The summed E-state index contributed by atoms with van der Waals surface area (Å²) in [5.41, 5.74) is 1.16. The Hall–Kier alpha value is -0.570.